The Kier molecular flexibility index (Phi) is 5.77. The molecule has 0 aromatic heterocycles. The minimum absolute atomic E-state index is 0.0699. The summed E-state index contributed by atoms with van der Waals surface area (Å²) in [4.78, 5) is 10.7. The number of rotatable bonds is 4. The number of carbonyl (C=O) groups excluding carboxylic acids is 1. The van der Waals surface area contributed by atoms with Crippen LogP contribution in [0.3, 0.4) is 0 Å². The SMILES string of the molecule is CC=CC(=O)NCCOC. The predicted octanol–water partition coefficient (Wildman–Crippen LogP) is 0.325. The largest absolute Gasteiger partial charge is 0.383 e. The van der Waals surface area contributed by atoms with Gasteiger partial charge in [-0.25, -0.2) is 0 Å². The second kappa shape index (κ2) is 6.29. The highest BCUT2D eigenvalue weighted by atomic mass is 16.5. The van der Waals surface area contributed by atoms with Crippen LogP contribution >= 0.6 is 0 Å². The fourth-order valence-corrected chi connectivity index (χ4v) is 0.487. The van der Waals surface area contributed by atoms with Gasteiger partial charge in [0, 0.05) is 13.7 Å². The quantitative estimate of drug-likeness (QED) is 0.455. The zero-order chi connectivity index (χ0) is 7.82. The summed E-state index contributed by atoms with van der Waals surface area (Å²) in [6.45, 7) is 2.93. The van der Waals surface area contributed by atoms with Crippen LogP contribution in [-0.4, -0.2) is 26.2 Å². The van der Waals surface area contributed by atoms with Gasteiger partial charge in [0.25, 0.3) is 0 Å². The number of allylic oxidation sites excluding steroid dienone is 1. The highest BCUT2D eigenvalue weighted by Crippen LogP contribution is 1.71. The molecule has 0 atom stereocenters. The first kappa shape index (κ1) is 9.17. The zero-order valence-corrected chi connectivity index (χ0v) is 6.39. The van der Waals surface area contributed by atoms with Gasteiger partial charge in [-0.1, -0.05) is 6.08 Å². The molecule has 0 radical (unpaired) electrons. The van der Waals surface area contributed by atoms with Crippen molar-refractivity contribution in [2.24, 2.45) is 0 Å². The third kappa shape index (κ3) is 5.31. The van der Waals surface area contributed by atoms with Crippen LogP contribution in [0.15, 0.2) is 12.2 Å². The predicted molar refractivity (Wildman–Crippen MR) is 39.7 cm³/mol. The Morgan fingerprint density at radius 3 is 2.90 bits per heavy atom. The van der Waals surface area contributed by atoms with E-state index < -0.39 is 0 Å². The van der Waals surface area contributed by atoms with Gasteiger partial charge in [-0.3, -0.25) is 4.79 Å². The van der Waals surface area contributed by atoms with Crippen molar-refractivity contribution in [1.29, 1.82) is 0 Å². The Morgan fingerprint density at radius 1 is 1.70 bits per heavy atom. The fourth-order valence-electron chi connectivity index (χ4n) is 0.487. The molecule has 0 rings (SSSR count). The van der Waals surface area contributed by atoms with Crippen molar-refractivity contribution in [3.8, 4) is 0 Å². The summed E-state index contributed by atoms with van der Waals surface area (Å²) < 4.78 is 4.73. The molecule has 10 heavy (non-hydrogen) atoms. The summed E-state index contributed by atoms with van der Waals surface area (Å²) in [7, 11) is 1.60. The van der Waals surface area contributed by atoms with Crippen molar-refractivity contribution in [2.45, 2.75) is 6.92 Å². The lowest BCUT2D eigenvalue weighted by Gasteiger charge is -1.98. The van der Waals surface area contributed by atoms with Crippen LogP contribution in [0.5, 0.6) is 0 Å². The third-order valence-corrected chi connectivity index (χ3v) is 0.923. The second-order valence-electron chi connectivity index (χ2n) is 1.78. The molecule has 0 bridgehead atoms. The summed E-state index contributed by atoms with van der Waals surface area (Å²) in [5, 5.41) is 2.63. The standard InChI is InChI=1S/C7H13NO2/c1-3-4-7(9)8-5-6-10-2/h3-4H,5-6H2,1-2H3,(H,8,9). The van der Waals surface area contributed by atoms with E-state index in [1.807, 2.05) is 0 Å². The summed E-state index contributed by atoms with van der Waals surface area (Å²) in [5.74, 6) is -0.0699. The number of hydrogen-bond acceptors (Lipinski definition) is 2. The molecule has 0 saturated carbocycles. The molecular weight excluding hydrogens is 130 g/mol. The molecule has 0 aliphatic rings. The Bertz CT molecular complexity index is 121. The summed E-state index contributed by atoms with van der Waals surface area (Å²) in [5.41, 5.74) is 0. The van der Waals surface area contributed by atoms with E-state index in [2.05, 4.69) is 5.32 Å². The molecule has 1 N–H and O–H groups in total. The first-order valence-corrected chi connectivity index (χ1v) is 3.20. The molecule has 0 aromatic carbocycles. The maximum absolute atomic E-state index is 10.7. The van der Waals surface area contributed by atoms with E-state index >= 15 is 0 Å². The van der Waals surface area contributed by atoms with E-state index in [-0.39, 0.29) is 5.91 Å². The second-order valence-corrected chi connectivity index (χ2v) is 1.78. The van der Waals surface area contributed by atoms with Gasteiger partial charge in [-0.2, -0.15) is 0 Å². The van der Waals surface area contributed by atoms with Crippen molar-refractivity contribution in [3.05, 3.63) is 12.2 Å². The number of hydrogen-bond donors (Lipinski definition) is 1. The van der Waals surface area contributed by atoms with Crippen LogP contribution in [0.4, 0.5) is 0 Å². The minimum Gasteiger partial charge on any atom is -0.383 e. The van der Waals surface area contributed by atoms with E-state index in [1.54, 1.807) is 20.1 Å². The number of methoxy groups -OCH3 is 1. The molecule has 0 unspecified atom stereocenters. The first-order chi connectivity index (χ1) is 4.81. The summed E-state index contributed by atoms with van der Waals surface area (Å²) in [6, 6.07) is 0. The highest BCUT2D eigenvalue weighted by molar-refractivity contribution is 5.87. The van der Waals surface area contributed by atoms with E-state index in [4.69, 9.17) is 4.74 Å². The Hall–Kier alpha value is -0.830. The lowest BCUT2D eigenvalue weighted by Crippen LogP contribution is -2.24. The topological polar surface area (TPSA) is 38.3 Å². The molecule has 0 heterocycles. The van der Waals surface area contributed by atoms with Crippen LogP contribution < -0.4 is 5.32 Å². The van der Waals surface area contributed by atoms with Gasteiger partial charge in [0.1, 0.15) is 0 Å². The van der Waals surface area contributed by atoms with Crippen molar-refractivity contribution in [2.75, 3.05) is 20.3 Å². The summed E-state index contributed by atoms with van der Waals surface area (Å²) in [6.07, 6.45) is 3.18. The average Bonchev–Trinajstić information content (AvgIpc) is 1.89. The normalized spacial score (nSPS) is 10.2. The molecule has 58 valence electrons. The summed E-state index contributed by atoms with van der Waals surface area (Å²) >= 11 is 0. The van der Waals surface area contributed by atoms with Gasteiger partial charge in [-0.15, -0.1) is 0 Å². The van der Waals surface area contributed by atoms with Gasteiger partial charge >= 0.3 is 0 Å². The molecular formula is C7H13NO2. The Balaban J connectivity index is 3.22. The smallest absolute Gasteiger partial charge is 0.243 e. The van der Waals surface area contributed by atoms with Gasteiger partial charge in [0.15, 0.2) is 0 Å². The molecule has 3 heteroatoms. The van der Waals surface area contributed by atoms with E-state index in [1.165, 1.54) is 6.08 Å². The van der Waals surface area contributed by atoms with Crippen molar-refractivity contribution < 1.29 is 9.53 Å². The molecule has 1 amide bonds. The van der Waals surface area contributed by atoms with E-state index in [9.17, 15) is 4.79 Å². The molecule has 0 aromatic rings. The van der Waals surface area contributed by atoms with E-state index in [0.29, 0.717) is 13.2 Å². The van der Waals surface area contributed by atoms with Crippen molar-refractivity contribution >= 4 is 5.91 Å². The lowest BCUT2D eigenvalue weighted by molar-refractivity contribution is -0.116. The Morgan fingerprint density at radius 2 is 2.40 bits per heavy atom. The van der Waals surface area contributed by atoms with Crippen molar-refractivity contribution in [1.82, 2.24) is 5.32 Å². The highest BCUT2D eigenvalue weighted by Gasteiger charge is 1.90. The first-order valence-electron chi connectivity index (χ1n) is 3.20. The fraction of sp³-hybridized carbons (Fsp3) is 0.571. The van der Waals surface area contributed by atoms with Crippen LogP contribution in [-0.2, 0) is 9.53 Å². The van der Waals surface area contributed by atoms with Gasteiger partial charge in [0.05, 0.1) is 6.61 Å². The number of ether oxygens (including phenoxy) is 1. The van der Waals surface area contributed by atoms with Crippen molar-refractivity contribution in [3.63, 3.8) is 0 Å². The monoisotopic (exact) mass is 143 g/mol. The van der Waals surface area contributed by atoms with Gasteiger partial charge in [0.2, 0.25) is 5.91 Å². The molecule has 0 spiro atoms. The van der Waals surface area contributed by atoms with Crippen LogP contribution in [0.25, 0.3) is 0 Å². The number of carbonyl (C=O) groups is 1. The van der Waals surface area contributed by atoms with Gasteiger partial charge < -0.3 is 10.1 Å². The molecule has 0 fully saturated rings. The van der Waals surface area contributed by atoms with Crippen LogP contribution in [0.1, 0.15) is 6.92 Å². The Labute approximate surface area is 61.1 Å². The maximum Gasteiger partial charge on any atom is 0.243 e. The number of amides is 1. The minimum atomic E-state index is -0.0699. The number of nitrogens with one attached hydrogen (secondary N) is 1. The molecule has 0 aliphatic carbocycles. The maximum atomic E-state index is 10.7. The van der Waals surface area contributed by atoms with Crippen LogP contribution in [0.2, 0.25) is 0 Å². The zero-order valence-electron chi connectivity index (χ0n) is 6.39. The average molecular weight is 143 g/mol. The molecule has 0 saturated heterocycles. The van der Waals surface area contributed by atoms with Gasteiger partial charge in [-0.05, 0) is 13.0 Å². The third-order valence-electron chi connectivity index (χ3n) is 0.923. The molecule has 3 nitrogen and oxygen atoms in total. The van der Waals surface area contributed by atoms with E-state index in [0.717, 1.165) is 0 Å². The molecule has 0 aliphatic heterocycles. The lowest BCUT2D eigenvalue weighted by atomic mass is 10.5. The van der Waals surface area contributed by atoms with Crippen LogP contribution in [0, 0.1) is 0 Å².